The van der Waals surface area contributed by atoms with Gasteiger partial charge in [0.1, 0.15) is 0 Å². The Hall–Kier alpha value is -0.510. The van der Waals surface area contributed by atoms with E-state index in [2.05, 4.69) is 48.4 Å². The number of hydrogen-bond donors (Lipinski definition) is 2. The molecule has 0 bridgehead atoms. The maximum atomic E-state index is 5.78. The van der Waals surface area contributed by atoms with Gasteiger partial charge in [-0.2, -0.15) is 11.8 Å². The molecule has 0 aliphatic heterocycles. The molecule has 1 aromatic rings. The lowest BCUT2D eigenvalue weighted by Crippen LogP contribution is -2.30. The van der Waals surface area contributed by atoms with Crippen molar-refractivity contribution in [3.63, 3.8) is 0 Å². The molecule has 2 nitrogen and oxygen atoms in total. The van der Waals surface area contributed by atoms with Gasteiger partial charge in [0.2, 0.25) is 0 Å². The quantitative estimate of drug-likeness (QED) is 0.584. The second-order valence-electron chi connectivity index (χ2n) is 5.81. The van der Waals surface area contributed by atoms with Gasteiger partial charge in [0, 0.05) is 11.0 Å². The molecule has 3 N–H and O–H groups in total. The summed E-state index contributed by atoms with van der Waals surface area (Å²) in [5, 5.41) is 0.846. The van der Waals surface area contributed by atoms with Crippen molar-refractivity contribution < 1.29 is 0 Å². The second kappa shape index (κ2) is 8.71. The predicted molar refractivity (Wildman–Crippen MR) is 89.8 cm³/mol. The van der Waals surface area contributed by atoms with Gasteiger partial charge in [0.25, 0.3) is 0 Å². The zero-order chi connectivity index (χ0) is 14.2. The standard InChI is InChI=1S/C17H28N2S/c1-2-7-14-8-6-9-15(12-14)17(19-18)13-20-16-10-4-3-5-11-16/h6,8-9,12,16-17,19H,2-5,7,10-11,13,18H2,1H3. The van der Waals surface area contributed by atoms with Crippen molar-refractivity contribution in [1.29, 1.82) is 0 Å². The average Bonchev–Trinajstić information content (AvgIpc) is 2.50. The van der Waals surface area contributed by atoms with Crippen molar-refractivity contribution in [2.24, 2.45) is 5.84 Å². The number of nitrogens with one attached hydrogen (secondary N) is 1. The molecule has 1 aliphatic rings. The van der Waals surface area contributed by atoms with Gasteiger partial charge in [-0.1, -0.05) is 56.9 Å². The summed E-state index contributed by atoms with van der Waals surface area (Å²) >= 11 is 2.10. The molecule has 20 heavy (non-hydrogen) atoms. The summed E-state index contributed by atoms with van der Waals surface area (Å²) in [7, 11) is 0. The topological polar surface area (TPSA) is 38.0 Å². The summed E-state index contributed by atoms with van der Waals surface area (Å²) in [5.74, 6) is 6.86. The molecule has 0 saturated heterocycles. The lowest BCUT2D eigenvalue weighted by Gasteiger charge is -2.24. The van der Waals surface area contributed by atoms with Gasteiger partial charge >= 0.3 is 0 Å². The summed E-state index contributed by atoms with van der Waals surface area (Å²) in [4.78, 5) is 0. The third-order valence-electron chi connectivity index (χ3n) is 4.14. The SMILES string of the molecule is CCCc1cccc(C(CSC2CCCCC2)NN)c1. The molecule has 0 aromatic heterocycles. The van der Waals surface area contributed by atoms with Crippen LogP contribution in [0.4, 0.5) is 0 Å². The van der Waals surface area contributed by atoms with E-state index in [1.54, 1.807) is 0 Å². The fraction of sp³-hybridized carbons (Fsp3) is 0.647. The first-order chi connectivity index (χ1) is 9.83. The number of hydrazine groups is 1. The van der Waals surface area contributed by atoms with E-state index in [4.69, 9.17) is 5.84 Å². The predicted octanol–water partition coefficient (Wildman–Crippen LogP) is 4.21. The van der Waals surface area contributed by atoms with Crippen LogP contribution in [0, 0.1) is 0 Å². The number of aryl methyl sites for hydroxylation is 1. The Kier molecular flexibility index (Phi) is 6.91. The summed E-state index contributed by atoms with van der Waals surface area (Å²) in [5.41, 5.74) is 5.77. The molecule has 0 amide bonds. The number of benzene rings is 1. The van der Waals surface area contributed by atoms with E-state index in [-0.39, 0.29) is 6.04 Å². The van der Waals surface area contributed by atoms with E-state index in [1.165, 1.54) is 49.7 Å². The van der Waals surface area contributed by atoms with Crippen LogP contribution in [0.15, 0.2) is 24.3 Å². The highest BCUT2D eigenvalue weighted by atomic mass is 32.2. The maximum Gasteiger partial charge on any atom is 0.0550 e. The van der Waals surface area contributed by atoms with Crippen LogP contribution < -0.4 is 11.3 Å². The molecular weight excluding hydrogens is 264 g/mol. The first-order valence-corrected chi connectivity index (χ1v) is 9.05. The highest BCUT2D eigenvalue weighted by Crippen LogP contribution is 2.31. The van der Waals surface area contributed by atoms with Gasteiger partial charge in [-0.3, -0.25) is 11.3 Å². The van der Waals surface area contributed by atoms with Gasteiger partial charge in [-0.05, 0) is 30.4 Å². The van der Waals surface area contributed by atoms with E-state index in [0.717, 1.165) is 17.4 Å². The molecule has 1 saturated carbocycles. The molecule has 1 aromatic carbocycles. The van der Waals surface area contributed by atoms with Gasteiger partial charge in [-0.15, -0.1) is 0 Å². The fourth-order valence-corrected chi connectivity index (χ4v) is 4.38. The van der Waals surface area contributed by atoms with Crippen molar-refractivity contribution in [1.82, 2.24) is 5.43 Å². The van der Waals surface area contributed by atoms with Crippen molar-refractivity contribution >= 4 is 11.8 Å². The third-order valence-corrected chi connectivity index (χ3v) is 5.61. The summed E-state index contributed by atoms with van der Waals surface area (Å²) < 4.78 is 0. The van der Waals surface area contributed by atoms with Gasteiger partial charge in [-0.25, -0.2) is 0 Å². The Morgan fingerprint density at radius 1 is 1.30 bits per heavy atom. The average molecular weight is 292 g/mol. The first kappa shape index (κ1) is 15.9. The van der Waals surface area contributed by atoms with E-state index >= 15 is 0 Å². The molecule has 0 spiro atoms. The molecule has 1 atom stereocenters. The van der Waals surface area contributed by atoms with Crippen molar-refractivity contribution in [3.05, 3.63) is 35.4 Å². The van der Waals surface area contributed by atoms with Crippen molar-refractivity contribution in [3.8, 4) is 0 Å². The Balaban J connectivity index is 1.91. The van der Waals surface area contributed by atoms with E-state index in [9.17, 15) is 0 Å². The Labute approximate surface area is 127 Å². The number of hydrogen-bond acceptors (Lipinski definition) is 3. The van der Waals surface area contributed by atoms with Gasteiger partial charge in [0.15, 0.2) is 0 Å². The van der Waals surface area contributed by atoms with Gasteiger partial charge < -0.3 is 0 Å². The summed E-state index contributed by atoms with van der Waals surface area (Å²) in [6.07, 6.45) is 9.36. The maximum absolute atomic E-state index is 5.78. The van der Waals surface area contributed by atoms with E-state index in [0.29, 0.717) is 0 Å². The minimum atomic E-state index is 0.277. The largest absolute Gasteiger partial charge is 0.271 e. The molecule has 112 valence electrons. The molecular formula is C17H28N2S. The van der Waals surface area contributed by atoms with Crippen molar-refractivity contribution in [2.45, 2.75) is 63.2 Å². The monoisotopic (exact) mass is 292 g/mol. The highest BCUT2D eigenvalue weighted by molar-refractivity contribution is 7.99. The second-order valence-corrected chi connectivity index (χ2v) is 7.14. The van der Waals surface area contributed by atoms with E-state index < -0.39 is 0 Å². The number of thioether (sulfide) groups is 1. The van der Waals surface area contributed by atoms with Crippen LogP contribution in [0.3, 0.4) is 0 Å². The lowest BCUT2D eigenvalue weighted by molar-refractivity contribution is 0.514. The van der Waals surface area contributed by atoms with Crippen LogP contribution in [0.1, 0.15) is 62.6 Å². The first-order valence-electron chi connectivity index (χ1n) is 8.00. The molecule has 1 fully saturated rings. The number of nitrogens with two attached hydrogens (primary N) is 1. The summed E-state index contributed by atoms with van der Waals surface area (Å²) in [6.45, 7) is 2.23. The van der Waals surface area contributed by atoms with Crippen LogP contribution in [0.25, 0.3) is 0 Å². The highest BCUT2D eigenvalue weighted by Gasteiger charge is 2.17. The Morgan fingerprint density at radius 3 is 2.80 bits per heavy atom. The minimum absolute atomic E-state index is 0.277. The molecule has 3 heteroatoms. The molecule has 2 rings (SSSR count). The smallest absolute Gasteiger partial charge is 0.0550 e. The molecule has 1 aliphatic carbocycles. The molecule has 0 radical (unpaired) electrons. The summed E-state index contributed by atoms with van der Waals surface area (Å²) in [6, 6.07) is 9.17. The fourth-order valence-electron chi connectivity index (χ4n) is 2.96. The lowest BCUT2D eigenvalue weighted by atomic mass is 10.0. The Morgan fingerprint density at radius 2 is 2.10 bits per heavy atom. The zero-order valence-electron chi connectivity index (χ0n) is 12.6. The van der Waals surface area contributed by atoms with Crippen LogP contribution in [0.5, 0.6) is 0 Å². The van der Waals surface area contributed by atoms with Gasteiger partial charge in [0.05, 0.1) is 6.04 Å². The molecule has 0 heterocycles. The van der Waals surface area contributed by atoms with Crippen molar-refractivity contribution in [2.75, 3.05) is 5.75 Å². The zero-order valence-corrected chi connectivity index (χ0v) is 13.4. The van der Waals surface area contributed by atoms with Crippen LogP contribution in [-0.2, 0) is 6.42 Å². The van der Waals surface area contributed by atoms with E-state index in [1.807, 2.05) is 0 Å². The third kappa shape index (κ3) is 4.80. The van der Waals surface area contributed by atoms with Crippen LogP contribution in [-0.4, -0.2) is 11.0 Å². The normalized spacial score (nSPS) is 18.1. The van der Waals surface area contributed by atoms with Crippen LogP contribution >= 0.6 is 11.8 Å². The number of rotatable bonds is 7. The van der Waals surface area contributed by atoms with Crippen LogP contribution in [0.2, 0.25) is 0 Å². The minimum Gasteiger partial charge on any atom is -0.271 e. The Bertz CT molecular complexity index is 388. The molecule has 1 unspecified atom stereocenters.